The molecular formula is C19H22N2O3. The fraction of sp³-hybridized carbons (Fsp3) is 0.316. The van der Waals surface area contributed by atoms with E-state index in [1.165, 1.54) is 0 Å². The van der Waals surface area contributed by atoms with E-state index < -0.39 is 0 Å². The van der Waals surface area contributed by atoms with E-state index in [1.54, 1.807) is 0 Å². The van der Waals surface area contributed by atoms with E-state index in [0.717, 1.165) is 25.2 Å². The monoisotopic (exact) mass is 326 g/mol. The van der Waals surface area contributed by atoms with Gasteiger partial charge in [0.2, 0.25) is 5.91 Å². The summed E-state index contributed by atoms with van der Waals surface area (Å²) >= 11 is 0. The first kappa shape index (κ1) is 16.5. The standard InChI is InChI=1S/C19H22N2O3/c22-19(14-20-13-18-10-5-11-23-18)21-15-6-4-9-17(12-15)24-16-7-2-1-3-8-16/h1-4,6-9,12,18,20H,5,10-11,13-14H2,(H,21,22)/t18-/m1/s1. The molecule has 1 atom stereocenters. The lowest BCUT2D eigenvalue weighted by Crippen LogP contribution is -2.33. The Kier molecular flexibility index (Phi) is 5.82. The summed E-state index contributed by atoms with van der Waals surface area (Å²) < 4.78 is 11.3. The Morgan fingerprint density at radius 2 is 1.96 bits per heavy atom. The average molecular weight is 326 g/mol. The number of amides is 1. The Labute approximate surface area is 142 Å². The van der Waals surface area contributed by atoms with Gasteiger partial charge in [0.15, 0.2) is 0 Å². The SMILES string of the molecule is O=C(CNC[C@H]1CCCO1)Nc1cccc(Oc2ccccc2)c1. The van der Waals surface area contributed by atoms with Crippen LogP contribution in [0.3, 0.4) is 0 Å². The summed E-state index contributed by atoms with van der Waals surface area (Å²) in [5.41, 5.74) is 0.715. The summed E-state index contributed by atoms with van der Waals surface area (Å²) in [4.78, 5) is 12.0. The maximum Gasteiger partial charge on any atom is 0.238 e. The highest BCUT2D eigenvalue weighted by Gasteiger charge is 2.15. The molecule has 0 aromatic heterocycles. The van der Waals surface area contributed by atoms with Crippen molar-refractivity contribution < 1.29 is 14.3 Å². The first-order chi connectivity index (χ1) is 11.8. The molecule has 24 heavy (non-hydrogen) atoms. The molecule has 5 nitrogen and oxygen atoms in total. The Bertz CT molecular complexity index is 655. The van der Waals surface area contributed by atoms with Crippen LogP contribution in [0, 0.1) is 0 Å². The summed E-state index contributed by atoms with van der Waals surface area (Å²) in [6.45, 7) is 1.81. The van der Waals surface area contributed by atoms with Gasteiger partial charge in [-0.1, -0.05) is 24.3 Å². The molecule has 3 rings (SSSR count). The minimum atomic E-state index is -0.0788. The predicted molar refractivity (Wildman–Crippen MR) is 93.4 cm³/mol. The van der Waals surface area contributed by atoms with Crippen molar-refractivity contribution in [3.05, 3.63) is 54.6 Å². The molecule has 1 aliphatic rings. The van der Waals surface area contributed by atoms with Crippen molar-refractivity contribution in [2.45, 2.75) is 18.9 Å². The van der Waals surface area contributed by atoms with Gasteiger partial charge in [0.05, 0.1) is 12.6 Å². The minimum absolute atomic E-state index is 0.0788. The quantitative estimate of drug-likeness (QED) is 0.820. The molecule has 0 spiro atoms. The second kappa shape index (κ2) is 8.47. The van der Waals surface area contributed by atoms with Crippen LogP contribution in [-0.4, -0.2) is 31.7 Å². The fourth-order valence-corrected chi connectivity index (χ4v) is 2.62. The van der Waals surface area contributed by atoms with Crippen molar-refractivity contribution in [1.29, 1.82) is 0 Å². The van der Waals surface area contributed by atoms with E-state index in [4.69, 9.17) is 9.47 Å². The molecule has 0 unspecified atom stereocenters. The molecule has 0 saturated carbocycles. The fourth-order valence-electron chi connectivity index (χ4n) is 2.62. The highest BCUT2D eigenvalue weighted by molar-refractivity contribution is 5.92. The molecule has 2 aromatic carbocycles. The summed E-state index contributed by atoms with van der Waals surface area (Å²) in [7, 11) is 0. The smallest absolute Gasteiger partial charge is 0.238 e. The number of carbonyl (C=O) groups excluding carboxylic acids is 1. The zero-order chi connectivity index (χ0) is 16.6. The highest BCUT2D eigenvalue weighted by atomic mass is 16.5. The molecular weight excluding hydrogens is 304 g/mol. The van der Waals surface area contributed by atoms with E-state index in [1.807, 2.05) is 54.6 Å². The Morgan fingerprint density at radius 1 is 1.12 bits per heavy atom. The summed E-state index contributed by atoms with van der Waals surface area (Å²) in [5, 5.41) is 6.00. The molecule has 0 bridgehead atoms. The lowest BCUT2D eigenvalue weighted by Gasteiger charge is -2.11. The Balaban J connectivity index is 1.47. The van der Waals surface area contributed by atoms with E-state index in [9.17, 15) is 4.79 Å². The van der Waals surface area contributed by atoms with Crippen molar-refractivity contribution in [3.63, 3.8) is 0 Å². The van der Waals surface area contributed by atoms with Crippen LogP contribution in [0.5, 0.6) is 11.5 Å². The van der Waals surface area contributed by atoms with Crippen molar-refractivity contribution >= 4 is 11.6 Å². The number of hydrogen-bond donors (Lipinski definition) is 2. The zero-order valence-electron chi connectivity index (χ0n) is 13.5. The Hall–Kier alpha value is -2.37. The summed E-state index contributed by atoms with van der Waals surface area (Å²) in [6.07, 6.45) is 2.40. The van der Waals surface area contributed by atoms with Gasteiger partial charge in [0.1, 0.15) is 11.5 Å². The number of para-hydroxylation sites is 1. The molecule has 1 amide bonds. The normalized spacial score (nSPS) is 16.8. The van der Waals surface area contributed by atoms with Gasteiger partial charge in [-0.2, -0.15) is 0 Å². The molecule has 5 heteroatoms. The van der Waals surface area contributed by atoms with Crippen LogP contribution >= 0.6 is 0 Å². The van der Waals surface area contributed by atoms with Gasteiger partial charge in [0, 0.05) is 24.9 Å². The van der Waals surface area contributed by atoms with Gasteiger partial charge in [-0.05, 0) is 37.1 Å². The number of anilines is 1. The number of carbonyl (C=O) groups is 1. The van der Waals surface area contributed by atoms with Crippen molar-refractivity contribution in [2.75, 3.05) is 25.0 Å². The van der Waals surface area contributed by atoms with Crippen molar-refractivity contribution in [3.8, 4) is 11.5 Å². The van der Waals surface area contributed by atoms with E-state index in [-0.39, 0.29) is 18.6 Å². The van der Waals surface area contributed by atoms with Gasteiger partial charge < -0.3 is 20.1 Å². The molecule has 2 N–H and O–H groups in total. The van der Waals surface area contributed by atoms with Crippen LogP contribution in [0.1, 0.15) is 12.8 Å². The maximum absolute atomic E-state index is 12.0. The van der Waals surface area contributed by atoms with Crippen LogP contribution < -0.4 is 15.4 Å². The van der Waals surface area contributed by atoms with Crippen LogP contribution in [-0.2, 0) is 9.53 Å². The van der Waals surface area contributed by atoms with Crippen LogP contribution in [0.4, 0.5) is 5.69 Å². The third-order valence-electron chi connectivity index (χ3n) is 3.78. The van der Waals surface area contributed by atoms with Gasteiger partial charge in [-0.15, -0.1) is 0 Å². The molecule has 1 heterocycles. The Morgan fingerprint density at radius 3 is 2.75 bits per heavy atom. The van der Waals surface area contributed by atoms with Crippen LogP contribution in [0.25, 0.3) is 0 Å². The first-order valence-corrected chi connectivity index (χ1v) is 8.25. The molecule has 1 aliphatic heterocycles. The van der Waals surface area contributed by atoms with Gasteiger partial charge in [0.25, 0.3) is 0 Å². The number of rotatable bonds is 7. The highest BCUT2D eigenvalue weighted by Crippen LogP contribution is 2.23. The second-order valence-corrected chi connectivity index (χ2v) is 5.76. The molecule has 1 saturated heterocycles. The van der Waals surface area contributed by atoms with Crippen molar-refractivity contribution in [2.24, 2.45) is 0 Å². The lowest BCUT2D eigenvalue weighted by atomic mass is 10.2. The second-order valence-electron chi connectivity index (χ2n) is 5.76. The molecule has 0 radical (unpaired) electrons. The lowest BCUT2D eigenvalue weighted by molar-refractivity contribution is -0.115. The summed E-state index contributed by atoms with van der Waals surface area (Å²) in [6, 6.07) is 16.9. The van der Waals surface area contributed by atoms with Crippen LogP contribution in [0.2, 0.25) is 0 Å². The van der Waals surface area contributed by atoms with Crippen molar-refractivity contribution in [1.82, 2.24) is 5.32 Å². The molecule has 1 fully saturated rings. The van der Waals surface area contributed by atoms with Gasteiger partial charge in [-0.25, -0.2) is 0 Å². The van der Waals surface area contributed by atoms with Gasteiger partial charge in [-0.3, -0.25) is 4.79 Å². The first-order valence-electron chi connectivity index (χ1n) is 8.25. The number of benzene rings is 2. The predicted octanol–water partition coefficient (Wildman–Crippen LogP) is 3.19. The number of nitrogens with one attached hydrogen (secondary N) is 2. The summed E-state index contributed by atoms with van der Waals surface area (Å²) in [5.74, 6) is 1.37. The minimum Gasteiger partial charge on any atom is -0.457 e. The van der Waals surface area contributed by atoms with E-state index in [0.29, 0.717) is 18.0 Å². The number of hydrogen-bond acceptors (Lipinski definition) is 4. The molecule has 0 aliphatic carbocycles. The number of ether oxygens (including phenoxy) is 2. The van der Waals surface area contributed by atoms with E-state index in [2.05, 4.69) is 10.6 Å². The molecule has 126 valence electrons. The topological polar surface area (TPSA) is 59.6 Å². The maximum atomic E-state index is 12.0. The van der Waals surface area contributed by atoms with E-state index >= 15 is 0 Å². The zero-order valence-corrected chi connectivity index (χ0v) is 13.5. The van der Waals surface area contributed by atoms with Crippen LogP contribution in [0.15, 0.2) is 54.6 Å². The third-order valence-corrected chi connectivity index (χ3v) is 3.78. The average Bonchev–Trinajstić information content (AvgIpc) is 3.09. The largest absolute Gasteiger partial charge is 0.457 e. The molecule has 2 aromatic rings. The van der Waals surface area contributed by atoms with Gasteiger partial charge >= 0.3 is 0 Å². The third kappa shape index (κ3) is 5.08.